The monoisotopic (exact) mass is 276 g/mol. The largest absolute Gasteiger partial charge is 0.500 e. The maximum atomic E-state index is 9.02. The molecule has 0 bridgehead atoms. The number of hydrogen-bond donors (Lipinski definition) is 1. The third kappa shape index (κ3) is 2.15. The van der Waals surface area contributed by atoms with Crippen LogP contribution >= 0.6 is 0 Å². The lowest BCUT2D eigenvalue weighted by molar-refractivity contribution is -0.214. The van der Waals surface area contributed by atoms with Gasteiger partial charge < -0.3 is 15.2 Å². The standard InChI is InChI=1S/C16H24N2O2/c1-15(2)13(18)16(3,4)14(15)20-11-7-6-10(9-17)12(8-11)19-5/h6-7,11,13-14H,8,18H2,1-5H3. The van der Waals surface area contributed by atoms with Crippen LogP contribution in [0.5, 0.6) is 0 Å². The summed E-state index contributed by atoms with van der Waals surface area (Å²) in [7, 11) is 1.59. The Labute approximate surface area is 121 Å². The number of ether oxygens (including phenoxy) is 2. The Balaban J connectivity index is 2.09. The van der Waals surface area contributed by atoms with Crippen molar-refractivity contribution in [3.05, 3.63) is 23.5 Å². The van der Waals surface area contributed by atoms with E-state index in [0.717, 1.165) is 0 Å². The first-order valence-electron chi connectivity index (χ1n) is 7.01. The zero-order valence-corrected chi connectivity index (χ0v) is 12.9. The van der Waals surface area contributed by atoms with E-state index in [4.69, 9.17) is 20.5 Å². The fraction of sp³-hybridized carbons (Fsp3) is 0.688. The molecule has 1 fully saturated rings. The Morgan fingerprint density at radius 3 is 2.40 bits per heavy atom. The van der Waals surface area contributed by atoms with E-state index in [1.165, 1.54) is 0 Å². The summed E-state index contributed by atoms with van der Waals surface area (Å²) in [6, 6.07) is 2.26. The van der Waals surface area contributed by atoms with Gasteiger partial charge in [-0.15, -0.1) is 0 Å². The Hall–Kier alpha value is -1.31. The molecule has 0 aliphatic heterocycles. The van der Waals surface area contributed by atoms with E-state index >= 15 is 0 Å². The Morgan fingerprint density at radius 2 is 1.90 bits per heavy atom. The fourth-order valence-electron chi connectivity index (χ4n) is 3.72. The van der Waals surface area contributed by atoms with Gasteiger partial charge >= 0.3 is 0 Å². The van der Waals surface area contributed by atoms with Crippen LogP contribution in [0.1, 0.15) is 34.1 Å². The van der Waals surface area contributed by atoms with Gasteiger partial charge in [0, 0.05) is 23.3 Å². The molecule has 1 saturated carbocycles. The lowest BCUT2D eigenvalue weighted by Gasteiger charge is -2.62. The highest BCUT2D eigenvalue weighted by molar-refractivity contribution is 5.39. The number of methoxy groups -OCH3 is 1. The third-order valence-electron chi connectivity index (χ3n) is 4.80. The van der Waals surface area contributed by atoms with E-state index in [2.05, 4.69) is 33.8 Å². The van der Waals surface area contributed by atoms with Crippen LogP contribution in [0.4, 0.5) is 0 Å². The van der Waals surface area contributed by atoms with Crippen molar-refractivity contribution in [1.82, 2.24) is 0 Å². The summed E-state index contributed by atoms with van der Waals surface area (Å²) in [5.41, 5.74) is 6.76. The van der Waals surface area contributed by atoms with Gasteiger partial charge in [0.25, 0.3) is 0 Å². The normalized spacial score (nSPS) is 34.4. The molecule has 2 N–H and O–H groups in total. The molecule has 2 aliphatic rings. The molecule has 0 aromatic carbocycles. The molecule has 4 nitrogen and oxygen atoms in total. The van der Waals surface area contributed by atoms with Crippen LogP contribution in [0.3, 0.4) is 0 Å². The van der Waals surface area contributed by atoms with E-state index in [1.54, 1.807) is 13.2 Å². The fourth-order valence-corrected chi connectivity index (χ4v) is 3.72. The molecule has 4 heteroatoms. The van der Waals surface area contributed by atoms with Gasteiger partial charge in [-0.3, -0.25) is 0 Å². The third-order valence-corrected chi connectivity index (χ3v) is 4.80. The van der Waals surface area contributed by atoms with Crippen molar-refractivity contribution in [1.29, 1.82) is 5.26 Å². The first-order valence-corrected chi connectivity index (χ1v) is 7.01. The first-order chi connectivity index (χ1) is 9.25. The lowest BCUT2D eigenvalue weighted by Crippen LogP contribution is -2.72. The highest BCUT2D eigenvalue weighted by atomic mass is 16.5. The van der Waals surface area contributed by atoms with Gasteiger partial charge in [0.1, 0.15) is 11.8 Å². The smallest absolute Gasteiger partial charge is 0.116 e. The summed E-state index contributed by atoms with van der Waals surface area (Å²) < 4.78 is 11.5. The van der Waals surface area contributed by atoms with E-state index < -0.39 is 0 Å². The van der Waals surface area contributed by atoms with Crippen molar-refractivity contribution in [2.75, 3.05) is 7.11 Å². The molecule has 0 saturated heterocycles. The molecule has 0 radical (unpaired) electrons. The Kier molecular flexibility index (Phi) is 3.70. The van der Waals surface area contributed by atoms with E-state index in [9.17, 15) is 0 Å². The maximum absolute atomic E-state index is 9.02. The van der Waals surface area contributed by atoms with Crippen molar-refractivity contribution in [2.45, 2.75) is 52.4 Å². The predicted molar refractivity (Wildman–Crippen MR) is 77.6 cm³/mol. The SMILES string of the molecule is COC1=C(C#N)C=CC(OC2C(C)(C)C(N)C2(C)C)C1. The van der Waals surface area contributed by atoms with E-state index in [-0.39, 0.29) is 29.1 Å². The minimum Gasteiger partial charge on any atom is -0.500 e. The average molecular weight is 276 g/mol. The van der Waals surface area contributed by atoms with Gasteiger partial charge in [0.05, 0.1) is 24.9 Å². The summed E-state index contributed by atoms with van der Waals surface area (Å²) >= 11 is 0. The maximum Gasteiger partial charge on any atom is 0.116 e. The van der Waals surface area contributed by atoms with Gasteiger partial charge in [-0.1, -0.05) is 33.8 Å². The summed E-state index contributed by atoms with van der Waals surface area (Å²) in [5.74, 6) is 0.694. The lowest BCUT2D eigenvalue weighted by atomic mass is 9.50. The van der Waals surface area contributed by atoms with Gasteiger partial charge in [-0.2, -0.15) is 5.26 Å². The second-order valence-electron chi connectivity index (χ2n) is 6.89. The first kappa shape index (κ1) is 15.1. The molecule has 0 aromatic rings. The van der Waals surface area contributed by atoms with Crippen molar-refractivity contribution in [3.63, 3.8) is 0 Å². The Morgan fingerprint density at radius 1 is 1.30 bits per heavy atom. The molecule has 1 atom stereocenters. The highest BCUT2D eigenvalue weighted by Gasteiger charge is 2.61. The second kappa shape index (κ2) is 4.91. The van der Waals surface area contributed by atoms with Crippen LogP contribution < -0.4 is 5.73 Å². The summed E-state index contributed by atoms with van der Waals surface area (Å²) in [5, 5.41) is 9.02. The number of nitriles is 1. The van der Waals surface area contributed by atoms with Gasteiger partial charge in [0.2, 0.25) is 0 Å². The number of nitrogens with two attached hydrogens (primary N) is 1. The van der Waals surface area contributed by atoms with Gasteiger partial charge in [0.15, 0.2) is 0 Å². The van der Waals surface area contributed by atoms with Crippen molar-refractivity contribution >= 4 is 0 Å². The minimum atomic E-state index is -0.0573. The average Bonchev–Trinajstić information content (AvgIpc) is 2.43. The molecule has 20 heavy (non-hydrogen) atoms. The van der Waals surface area contributed by atoms with Gasteiger partial charge in [-0.25, -0.2) is 0 Å². The Bertz CT molecular complexity index is 481. The van der Waals surface area contributed by atoms with Crippen LogP contribution in [0.2, 0.25) is 0 Å². The highest BCUT2D eigenvalue weighted by Crippen LogP contribution is 2.55. The zero-order valence-electron chi connectivity index (χ0n) is 12.9. The van der Waals surface area contributed by atoms with Crippen LogP contribution in [-0.4, -0.2) is 25.4 Å². The van der Waals surface area contributed by atoms with Gasteiger partial charge in [-0.05, 0) is 6.08 Å². The summed E-state index contributed by atoms with van der Waals surface area (Å²) in [6.45, 7) is 8.59. The molecule has 2 aliphatic carbocycles. The van der Waals surface area contributed by atoms with Crippen molar-refractivity contribution in [2.24, 2.45) is 16.6 Å². The molecule has 0 aromatic heterocycles. The molecule has 2 rings (SSSR count). The van der Waals surface area contributed by atoms with Crippen LogP contribution in [0.25, 0.3) is 0 Å². The minimum absolute atomic E-state index is 0.0379. The second-order valence-corrected chi connectivity index (χ2v) is 6.89. The number of hydrogen-bond acceptors (Lipinski definition) is 4. The predicted octanol–water partition coefficient (Wildman–Crippen LogP) is 2.52. The molecule has 0 heterocycles. The molecule has 0 spiro atoms. The van der Waals surface area contributed by atoms with E-state index in [1.807, 2.05) is 6.08 Å². The molecular weight excluding hydrogens is 252 g/mol. The van der Waals surface area contributed by atoms with Crippen LogP contribution in [-0.2, 0) is 9.47 Å². The topological polar surface area (TPSA) is 68.3 Å². The van der Waals surface area contributed by atoms with E-state index in [0.29, 0.717) is 17.8 Å². The number of nitrogens with zero attached hydrogens (tertiary/aromatic N) is 1. The van der Waals surface area contributed by atoms with Crippen molar-refractivity contribution < 1.29 is 9.47 Å². The van der Waals surface area contributed by atoms with Crippen molar-refractivity contribution in [3.8, 4) is 6.07 Å². The number of rotatable bonds is 3. The quantitative estimate of drug-likeness (QED) is 0.860. The zero-order chi connectivity index (χ0) is 15.1. The molecule has 0 amide bonds. The summed E-state index contributed by atoms with van der Waals surface area (Å²) in [6.07, 6.45) is 4.37. The van der Waals surface area contributed by atoms with Crippen LogP contribution in [0.15, 0.2) is 23.5 Å². The molecule has 1 unspecified atom stereocenters. The number of allylic oxidation sites excluding steroid dienone is 2. The van der Waals surface area contributed by atoms with Crippen LogP contribution in [0, 0.1) is 22.2 Å². The molecular formula is C16H24N2O2. The molecule has 110 valence electrons. The summed E-state index contributed by atoms with van der Waals surface area (Å²) in [4.78, 5) is 0.